The van der Waals surface area contributed by atoms with Crippen LogP contribution in [-0.2, 0) is 19.4 Å². The van der Waals surface area contributed by atoms with E-state index in [-0.39, 0.29) is 0 Å². The molecule has 134 valence electrons. The SMILES string of the molecule is CC[C@H]1CCc2c(sc3ncn4nc(Cn5nc(C)cc5C)nc4c23)C1. The number of aryl methyl sites for hydroxylation is 3. The minimum atomic E-state index is 0.590. The van der Waals surface area contributed by atoms with Crippen molar-refractivity contribution in [2.75, 3.05) is 0 Å². The highest BCUT2D eigenvalue weighted by atomic mass is 32.1. The Hall–Kier alpha value is -2.28. The maximum atomic E-state index is 4.86. The second-order valence-corrected chi connectivity index (χ2v) is 8.41. The van der Waals surface area contributed by atoms with Gasteiger partial charge in [0.05, 0.1) is 11.1 Å². The topological polar surface area (TPSA) is 60.9 Å². The van der Waals surface area contributed by atoms with Gasteiger partial charge >= 0.3 is 0 Å². The van der Waals surface area contributed by atoms with Crippen molar-refractivity contribution in [2.24, 2.45) is 5.92 Å². The summed E-state index contributed by atoms with van der Waals surface area (Å²) in [5, 5.41) is 10.4. The van der Waals surface area contributed by atoms with E-state index >= 15 is 0 Å². The van der Waals surface area contributed by atoms with Gasteiger partial charge in [0.2, 0.25) is 0 Å². The van der Waals surface area contributed by atoms with Crippen LogP contribution in [-0.4, -0.2) is 29.4 Å². The van der Waals surface area contributed by atoms with Crippen LogP contribution in [0.15, 0.2) is 12.4 Å². The highest BCUT2D eigenvalue weighted by Gasteiger charge is 2.24. The molecule has 5 rings (SSSR count). The smallest absolute Gasteiger partial charge is 0.173 e. The molecule has 0 unspecified atom stereocenters. The molecule has 0 fully saturated rings. The van der Waals surface area contributed by atoms with Crippen molar-refractivity contribution in [1.82, 2.24) is 29.4 Å². The Morgan fingerprint density at radius 1 is 1.27 bits per heavy atom. The molecule has 4 aromatic heterocycles. The molecule has 1 aliphatic rings. The lowest BCUT2D eigenvalue weighted by molar-refractivity contribution is 0.451. The minimum absolute atomic E-state index is 0.590. The second-order valence-electron chi connectivity index (χ2n) is 7.33. The summed E-state index contributed by atoms with van der Waals surface area (Å²) in [6, 6.07) is 2.08. The number of fused-ring (bicyclic) bond motifs is 5. The Morgan fingerprint density at radius 3 is 2.92 bits per heavy atom. The Balaban J connectivity index is 1.61. The predicted molar refractivity (Wildman–Crippen MR) is 103 cm³/mol. The molecule has 0 amide bonds. The van der Waals surface area contributed by atoms with Crippen molar-refractivity contribution in [3.8, 4) is 0 Å². The first-order chi connectivity index (χ1) is 12.6. The molecule has 0 saturated heterocycles. The summed E-state index contributed by atoms with van der Waals surface area (Å²) >= 11 is 1.84. The van der Waals surface area contributed by atoms with Gasteiger partial charge in [-0.3, -0.25) is 4.68 Å². The molecule has 0 spiro atoms. The average molecular weight is 366 g/mol. The van der Waals surface area contributed by atoms with Crippen LogP contribution in [0.25, 0.3) is 15.9 Å². The highest BCUT2D eigenvalue weighted by molar-refractivity contribution is 7.19. The summed E-state index contributed by atoms with van der Waals surface area (Å²) in [6.07, 6.45) is 6.65. The van der Waals surface area contributed by atoms with Crippen LogP contribution >= 0.6 is 11.3 Å². The number of rotatable bonds is 3. The first-order valence-corrected chi connectivity index (χ1v) is 10.1. The molecule has 1 atom stereocenters. The van der Waals surface area contributed by atoms with Crippen molar-refractivity contribution in [2.45, 2.75) is 53.0 Å². The fourth-order valence-corrected chi connectivity index (χ4v) is 5.37. The third-order valence-corrected chi connectivity index (χ3v) is 6.67. The van der Waals surface area contributed by atoms with E-state index in [9.17, 15) is 0 Å². The van der Waals surface area contributed by atoms with E-state index < -0.39 is 0 Å². The monoisotopic (exact) mass is 366 g/mol. The molecule has 0 aliphatic heterocycles. The third-order valence-electron chi connectivity index (χ3n) is 5.50. The quantitative estimate of drug-likeness (QED) is 0.554. The number of thiophene rings is 1. The third kappa shape index (κ3) is 2.45. The average Bonchev–Trinajstić information content (AvgIpc) is 3.28. The van der Waals surface area contributed by atoms with Gasteiger partial charge in [-0.25, -0.2) is 14.5 Å². The summed E-state index contributed by atoms with van der Waals surface area (Å²) in [6.45, 7) is 6.96. The number of hydrogen-bond acceptors (Lipinski definition) is 5. The van der Waals surface area contributed by atoms with Gasteiger partial charge in [0, 0.05) is 10.6 Å². The first-order valence-electron chi connectivity index (χ1n) is 9.28. The summed E-state index contributed by atoms with van der Waals surface area (Å²) in [5.41, 5.74) is 4.55. The summed E-state index contributed by atoms with van der Waals surface area (Å²) in [4.78, 5) is 12.1. The number of hydrogen-bond donors (Lipinski definition) is 0. The van der Waals surface area contributed by atoms with Gasteiger partial charge < -0.3 is 0 Å². The molecule has 4 aromatic rings. The van der Waals surface area contributed by atoms with Crippen molar-refractivity contribution in [3.63, 3.8) is 0 Å². The summed E-state index contributed by atoms with van der Waals surface area (Å²) in [5.74, 6) is 1.60. The molecule has 0 saturated carbocycles. The summed E-state index contributed by atoms with van der Waals surface area (Å²) in [7, 11) is 0. The fraction of sp³-hybridized carbons (Fsp3) is 0.474. The number of nitrogens with zero attached hydrogens (tertiary/aromatic N) is 6. The van der Waals surface area contributed by atoms with Crippen molar-refractivity contribution in [1.29, 1.82) is 0 Å². The normalized spacial score (nSPS) is 17.3. The lowest BCUT2D eigenvalue weighted by atomic mass is 9.86. The minimum Gasteiger partial charge on any atom is -0.262 e. The van der Waals surface area contributed by atoms with Crippen LogP contribution in [0.4, 0.5) is 0 Å². The maximum absolute atomic E-state index is 4.86. The van der Waals surface area contributed by atoms with Gasteiger partial charge in [0.1, 0.15) is 17.7 Å². The van der Waals surface area contributed by atoms with Gasteiger partial charge in [-0.1, -0.05) is 13.3 Å². The predicted octanol–water partition coefficient (Wildman–Crippen LogP) is 3.72. The van der Waals surface area contributed by atoms with Crippen molar-refractivity contribution in [3.05, 3.63) is 40.0 Å². The van der Waals surface area contributed by atoms with Gasteiger partial charge in [0.15, 0.2) is 11.5 Å². The molecule has 4 heterocycles. The highest BCUT2D eigenvalue weighted by Crippen LogP contribution is 2.39. The van der Waals surface area contributed by atoms with E-state index in [1.807, 2.05) is 27.5 Å². The number of aromatic nitrogens is 6. The molecule has 26 heavy (non-hydrogen) atoms. The molecule has 6 nitrogen and oxygen atoms in total. The zero-order chi connectivity index (χ0) is 17.8. The van der Waals surface area contributed by atoms with Crippen LogP contribution in [0.5, 0.6) is 0 Å². The fourth-order valence-electron chi connectivity index (χ4n) is 4.07. The second kappa shape index (κ2) is 5.87. The molecular formula is C19H22N6S. The van der Waals surface area contributed by atoms with Crippen LogP contribution in [0.2, 0.25) is 0 Å². The van der Waals surface area contributed by atoms with E-state index in [1.165, 1.54) is 35.1 Å². The van der Waals surface area contributed by atoms with Gasteiger partial charge in [-0.15, -0.1) is 16.4 Å². The zero-order valence-corrected chi connectivity index (χ0v) is 16.2. The Morgan fingerprint density at radius 2 is 2.15 bits per heavy atom. The molecule has 0 N–H and O–H groups in total. The molecular weight excluding hydrogens is 344 g/mol. The molecule has 0 bridgehead atoms. The van der Waals surface area contributed by atoms with E-state index in [2.05, 4.69) is 35.1 Å². The van der Waals surface area contributed by atoms with Crippen LogP contribution < -0.4 is 0 Å². The molecule has 7 heteroatoms. The van der Waals surface area contributed by atoms with Crippen LogP contribution in [0.3, 0.4) is 0 Å². The van der Waals surface area contributed by atoms with E-state index in [0.29, 0.717) is 6.54 Å². The van der Waals surface area contributed by atoms with E-state index in [4.69, 9.17) is 4.98 Å². The lowest BCUT2D eigenvalue weighted by Crippen LogP contribution is -2.11. The van der Waals surface area contributed by atoms with Crippen LogP contribution in [0, 0.1) is 19.8 Å². The molecule has 0 radical (unpaired) electrons. The van der Waals surface area contributed by atoms with Gasteiger partial charge in [-0.05, 0) is 50.7 Å². The molecule has 1 aliphatic carbocycles. The van der Waals surface area contributed by atoms with Crippen molar-refractivity contribution < 1.29 is 0 Å². The van der Waals surface area contributed by atoms with Crippen molar-refractivity contribution >= 4 is 27.2 Å². The van der Waals surface area contributed by atoms with E-state index in [1.54, 1.807) is 6.33 Å². The van der Waals surface area contributed by atoms with Gasteiger partial charge in [0.25, 0.3) is 0 Å². The molecule has 0 aromatic carbocycles. The first kappa shape index (κ1) is 15.9. The van der Waals surface area contributed by atoms with E-state index in [0.717, 1.165) is 40.0 Å². The van der Waals surface area contributed by atoms with Crippen LogP contribution in [0.1, 0.15) is 47.4 Å². The standard InChI is InChI=1S/C19H22N6S/c1-4-13-5-6-14-15(8-13)26-19-17(14)18-21-16(23-25(18)10-20-19)9-24-12(3)7-11(2)22-24/h7,10,13H,4-6,8-9H2,1-3H3/t13-/m0/s1. The Labute approximate surface area is 155 Å². The summed E-state index contributed by atoms with van der Waals surface area (Å²) < 4.78 is 3.80. The maximum Gasteiger partial charge on any atom is 0.173 e. The lowest BCUT2D eigenvalue weighted by Gasteiger charge is -2.20. The Kier molecular flexibility index (Phi) is 3.60. The zero-order valence-electron chi connectivity index (χ0n) is 15.4. The largest absolute Gasteiger partial charge is 0.262 e. The van der Waals surface area contributed by atoms with Gasteiger partial charge in [-0.2, -0.15) is 5.10 Å². The Bertz CT molecular complexity index is 1120.